The molecule has 0 radical (unpaired) electrons. The van der Waals surface area contributed by atoms with Crippen molar-refractivity contribution in [1.29, 1.82) is 0 Å². The van der Waals surface area contributed by atoms with Gasteiger partial charge in [0.2, 0.25) is 0 Å². The molecule has 0 saturated carbocycles. The van der Waals surface area contributed by atoms with Gasteiger partial charge in [0.25, 0.3) is 11.8 Å². The Hall–Kier alpha value is -2.44. The number of imide groups is 1. The molecule has 0 atom stereocenters. The molecule has 1 aromatic carbocycles. The summed E-state index contributed by atoms with van der Waals surface area (Å²) < 4.78 is 5.02. The number of benzene rings is 1. The first kappa shape index (κ1) is 16.4. The topological polar surface area (TPSA) is 58.6 Å². The highest BCUT2D eigenvalue weighted by Gasteiger charge is 2.39. The zero-order valence-corrected chi connectivity index (χ0v) is 14.1. The van der Waals surface area contributed by atoms with Crippen molar-refractivity contribution in [2.75, 3.05) is 25.6 Å². The molecule has 0 bridgehead atoms. The van der Waals surface area contributed by atoms with Crippen LogP contribution in [0.15, 0.2) is 53.5 Å². The van der Waals surface area contributed by atoms with E-state index in [2.05, 4.69) is 5.32 Å². The van der Waals surface area contributed by atoms with Crippen molar-refractivity contribution in [2.24, 2.45) is 0 Å². The minimum absolute atomic E-state index is 0.253. The quantitative estimate of drug-likeness (QED) is 0.621. The van der Waals surface area contributed by atoms with Gasteiger partial charge in [-0.1, -0.05) is 24.3 Å². The molecule has 24 heavy (non-hydrogen) atoms. The lowest BCUT2D eigenvalue weighted by molar-refractivity contribution is -0.136. The van der Waals surface area contributed by atoms with Crippen LogP contribution in [0.25, 0.3) is 5.57 Å². The number of anilines is 1. The van der Waals surface area contributed by atoms with Gasteiger partial charge in [0.1, 0.15) is 5.70 Å². The molecule has 2 amide bonds. The SMILES string of the molecule is COCCCN1C(=O)C(Nc2ccccc2)=C(c2cccs2)C1=O. The number of thiophene rings is 1. The summed E-state index contributed by atoms with van der Waals surface area (Å²) in [6.45, 7) is 0.854. The van der Waals surface area contributed by atoms with Crippen LogP contribution >= 0.6 is 11.3 Å². The molecule has 3 rings (SSSR count). The fourth-order valence-corrected chi connectivity index (χ4v) is 3.35. The molecule has 2 aromatic rings. The third-order valence-electron chi connectivity index (χ3n) is 3.71. The standard InChI is InChI=1S/C18H18N2O3S/c1-23-11-6-10-20-17(21)15(14-9-5-12-24-14)16(18(20)22)19-13-7-3-2-4-8-13/h2-5,7-9,12,19H,6,10-11H2,1H3. The lowest BCUT2D eigenvalue weighted by Gasteiger charge is -2.14. The summed E-state index contributed by atoms with van der Waals surface area (Å²) in [6.07, 6.45) is 0.615. The van der Waals surface area contributed by atoms with Crippen LogP contribution in [0, 0.1) is 0 Å². The van der Waals surface area contributed by atoms with Gasteiger partial charge in [-0.25, -0.2) is 0 Å². The largest absolute Gasteiger partial charge is 0.385 e. The first-order valence-corrected chi connectivity index (χ1v) is 8.55. The number of amides is 2. The molecule has 0 unspecified atom stereocenters. The number of ether oxygens (including phenoxy) is 1. The lowest BCUT2D eigenvalue weighted by atomic mass is 10.2. The average Bonchev–Trinajstić information content (AvgIpc) is 3.19. The van der Waals surface area contributed by atoms with E-state index in [1.807, 2.05) is 47.8 Å². The minimum atomic E-state index is -0.289. The molecule has 0 saturated heterocycles. The Morgan fingerprint density at radius 3 is 2.54 bits per heavy atom. The van der Waals surface area contributed by atoms with Crippen LogP contribution in [-0.4, -0.2) is 37.0 Å². The van der Waals surface area contributed by atoms with Crippen molar-refractivity contribution < 1.29 is 14.3 Å². The molecule has 5 nitrogen and oxygen atoms in total. The smallest absolute Gasteiger partial charge is 0.278 e. The van der Waals surface area contributed by atoms with Crippen LogP contribution in [0.5, 0.6) is 0 Å². The molecule has 6 heteroatoms. The van der Waals surface area contributed by atoms with E-state index in [4.69, 9.17) is 4.74 Å². The van der Waals surface area contributed by atoms with E-state index >= 15 is 0 Å². The molecule has 1 aliphatic heterocycles. The van der Waals surface area contributed by atoms with Crippen LogP contribution < -0.4 is 5.32 Å². The highest BCUT2D eigenvalue weighted by atomic mass is 32.1. The normalized spacial score (nSPS) is 14.6. The van der Waals surface area contributed by atoms with E-state index in [0.717, 1.165) is 10.6 Å². The number of methoxy groups -OCH3 is 1. The molecule has 0 fully saturated rings. The Morgan fingerprint density at radius 2 is 1.88 bits per heavy atom. The maximum Gasteiger partial charge on any atom is 0.278 e. The predicted octanol–water partition coefficient (Wildman–Crippen LogP) is 2.98. The Labute approximate surface area is 144 Å². The zero-order chi connectivity index (χ0) is 16.9. The van der Waals surface area contributed by atoms with Crippen molar-refractivity contribution in [1.82, 2.24) is 4.90 Å². The van der Waals surface area contributed by atoms with Gasteiger partial charge >= 0.3 is 0 Å². The van der Waals surface area contributed by atoms with Gasteiger partial charge in [-0.2, -0.15) is 0 Å². The maximum atomic E-state index is 12.8. The summed E-state index contributed by atoms with van der Waals surface area (Å²) in [6, 6.07) is 13.1. The van der Waals surface area contributed by atoms with Gasteiger partial charge in [0, 0.05) is 30.8 Å². The first-order chi connectivity index (χ1) is 11.7. The van der Waals surface area contributed by atoms with E-state index in [1.165, 1.54) is 16.2 Å². The van der Waals surface area contributed by atoms with Crippen LogP contribution in [0.1, 0.15) is 11.3 Å². The van der Waals surface area contributed by atoms with Crippen LogP contribution in [0.3, 0.4) is 0 Å². The van der Waals surface area contributed by atoms with Crippen LogP contribution in [0.2, 0.25) is 0 Å². The number of nitrogens with zero attached hydrogens (tertiary/aromatic N) is 1. The van der Waals surface area contributed by atoms with Gasteiger partial charge in [-0.15, -0.1) is 11.3 Å². The fourth-order valence-electron chi connectivity index (χ4n) is 2.58. The van der Waals surface area contributed by atoms with Crippen molar-refractivity contribution in [3.8, 4) is 0 Å². The molecule has 1 N–H and O–H groups in total. The molecule has 1 aliphatic rings. The van der Waals surface area contributed by atoms with Crippen LogP contribution in [-0.2, 0) is 14.3 Å². The van der Waals surface area contributed by atoms with Gasteiger partial charge in [-0.3, -0.25) is 14.5 Å². The number of carbonyl (C=O) groups is 2. The van der Waals surface area contributed by atoms with Gasteiger partial charge in [0.05, 0.1) is 5.57 Å². The highest BCUT2D eigenvalue weighted by Crippen LogP contribution is 2.32. The second kappa shape index (κ2) is 7.42. The maximum absolute atomic E-state index is 12.8. The average molecular weight is 342 g/mol. The Bertz CT molecular complexity index is 754. The molecule has 124 valence electrons. The van der Waals surface area contributed by atoms with Crippen molar-refractivity contribution in [2.45, 2.75) is 6.42 Å². The molecule has 0 spiro atoms. The van der Waals surface area contributed by atoms with Gasteiger partial charge in [0.15, 0.2) is 0 Å². The summed E-state index contributed by atoms with van der Waals surface area (Å²) in [5.41, 5.74) is 1.56. The third kappa shape index (κ3) is 3.25. The summed E-state index contributed by atoms with van der Waals surface area (Å²) in [5, 5.41) is 5.02. The number of hydrogen-bond donors (Lipinski definition) is 1. The monoisotopic (exact) mass is 342 g/mol. The highest BCUT2D eigenvalue weighted by molar-refractivity contribution is 7.11. The van der Waals surface area contributed by atoms with E-state index in [1.54, 1.807) is 7.11 Å². The number of nitrogens with one attached hydrogen (secondary N) is 1. The van der Waals surface area contributed by atoms with Crippen LogP contribution in [0.4, 0.5) is 5.69 Å². The minimum Gasteiger partial charge on any atom is -0.385 e. The van der Waals surface area contributed by atoms with E-state index in [0.29, 0.717) is 30.8 Å². The van der Waals surface area contributed by atoms with Gasteiger partial charge in [-0.05, 0) is 30.0 Å². The van der Waals surface area contributed by atoms with Crippen molar-refractivity contribution in [3.05, 3.63) is 58.4 Å². The zero-order valence-electron chi connectivity index (χ0n) is 13.3. The van der Waals surface area contributed by atoms with E-state index < -0.39 is 0 Å². The van der Waals surface area contributed by atoms with E-state index in [-0.39, 0.29) is 11.8 Å². The lowest BCUT2D eigenvalue weighted by Crippen LogP contribution is -2.33. The second-order valence-corrected chi connectivity index (χ2v) is 6.27. The summed E-state index contributed by atoms with van der Waals surface area (Å²) in [5.74, 6) is -0.541. The first-order valence-electron chi connectivity index (χ1n) is 7.67. The fraction of sp³-hybridized carbons (Fsp3) is 0.222. The number of hydrogen-bond acceptors (Lipinski definition) is 5. The molecule has 2 heterocycles. The Kier molecular flexibility index (Phi) is 5.08. The Balaban J connectivity index is 1.92. The Morgan fingerprint density at radius 1 is 1.08 bits per heavy atom. The second-order valence-electron chi connectivity index (χ2n) is 5.33. The number of para-hydroxylation sites is 1. The van der Waals surface area contributed by atoms with Gasteiger partial charge < -0.3 is 10.1 Å². The summed E-state index contributed by atoms with van der Waals surface area (Å²) in [4.78, 5) is 27.6. The van der Waals surface area contributed by atoms with E-state index in [9.17, 15) is 9.59 Å². The summed E-state index contributed by atoms with van der Waals surface area (Å²) >= 11 is 1.45. The van der Waals surface area contributed by atoms with Crippen molar-refractivity contribution in [3.63, 3.8) is 0 Å². The van der Waals surface area contributed by atoms with Crippen molar-refractivity contribution >= 4 is 34.4 Å². The molecule has 0 aliphatic carbocycles. The predicted molar refractivity (Wildman–Crippen MR) is 94.5 cm³/mol. The third-order valence-corrected chi connectivity index (χ3v) is 4.60. The number of carbonyl (C=O) groups excluding carboxylic acids is 2. The number of rotatable bonds is 7. The molecular weight excluding hydrogens is 324 g/mol. The summed E-state index contributed by atoms with van der Waals surface area (Å²) in [7, 11) is 1.60. The molecular formula is C18H18N2O3S. The molecule has 1 aromatic heterocycles.